The fourth-order valence-electron chi connectivity index (χ4n) is 3.77. The van der Waals surface area contributed by atoms with E-state index >= 15 is 0 Å². The molecule has 0 aliphatic carbocycles. The number of hydrogen-bond acceptors (Lipinski definition) is 4. The van der Waals surface area contributed by atoms with Gasteiger partial charge in [0.15, 0.2) is 17.5 Å². The second-order valence-corrected chi connectivity index (χ2v) is 8.09. The van der Waals surface area contributed by atoms with E-state index in [-0.39, 0.29) is 5.75 Å². The number of guanidine groups is 1. The van der Waals surface area contributed by atoms with Gasteiger partial charge in [0.2, 0.25) is 0 Å². The summed E-state index contributed by atoms with van der Waals surface area (Å²) < 4.78 is 19.6. The normalized spacial score (nSPS) is 15.6. The highest BCUT2D eigenvalue weighted by Gasteiger charge is 2.19. The molecule has 0 radical (unpaired) electrons. The first-order valence-electron chi connectivity index (χ1n) is 11.5. The second-order valence-electron chi connectivity index (χ2n) is 8.09. The minimum atomic E-state index is -0.626. The van der Waals surface area contributed by atoms with Gasteiger partial charge in [0.25, 0.3) is 0 Å². The minimum Gasteiger partial charge on any atom is -0.505 e. The Bertz CT molecular complexity index is 839. The van der Waals surface area contributed by atoms with Crippen molar-refractivity contribution >= 4 is 5.96 Å². The Labute approximate surface area is 190 Å². The van der Waals surface area contributed by atoms with Crippen molar-refractivity contribution in [2.45, 2.75) is 45.4 Å². The molecule has 0 amide bonds. The molecule has 6 nitrogen and oxygen atoms in total. The number of piperidine rings is 1. The lowest BCUT2D eigenvalue weighted by Gasteiger charge is -2.32. The average molecular weight is 443 g/mol. The van der Waals surface area contributed by atoms with Gasteiger partial charge in [-0.25, -0.2) is 9.38 Å². The van der Waals surface area contributed by atoms with E-state index in [0.29, 0.717) is 24.2 Å². The SMILES string of the molecule is CCNC(=NCc1ccc(O)c(F)c1)NCCCOC1CCN(Cc2ccccc2)CC1. The molecule has 0 aromatic heterocycles. The molecule has 32 heavy (non-hydrogen) atoms. The maximum Gasteiger partial charge on any atom is 0.191 e. The molecule has 1 saturated heterocycles. The van der Waals surface area contributed by atoms with E-state index in [1.807, 2.05) is 6.92 Å². The lowest BCUT2D eigenvalue weighted by molar-refractivity contribution is 0.00534. The fourth-order valence-corrected chi connectivity index (χ4v) is 3.77. The van der Waals surface area contributed by atoms with Crippen molar-refractivity contribution < 1.29 is 14.2 Å². The summed E-state index contributed by atoms with van der Waals surface area (Å²) in [5, 5.41) is 15.8. The molecule has 2 aromatic carbocycles. The van der Waals surface area contributed by atoms with E-state index in [0.717, 1.165) is 58.6 Å². The highest BCUT2D eigenvalue weighted by Crippen LogP contribution is 2.17. The molecule has 1 aliphatic heterocycles. The third-order valence-electron chi connectivity index (χ3n) is 5.53. The Hall–Kier alpha value is -2.64. The largest absolute Gasteiger partial charge is 0.505 e. The van der Waals surface area contributed by atoms with Crippen LogP contribution in [0.15, 0.2) is 53.5 Å². The number of phenolic OH excluding ortho intramolecular Hbond substituents is 1. The van der Waals surface area contributed by atoms with Crippen molar-refractivity contribution in [2.24, 2.45) is 4.99 Å². The molecule has 0 spiro atoms. The monoisotopic (exact) mass is 442 g/mol. The number of aliphatic imine (C=N–C) groups is 1. The molecule has 3 rings (SSSR count). The van der Waals surface area contributed by atoms with Crippen molar-refractivity contribution in [3.63, 3.8) is 0 Å². The first-order chi connectivity index (χ1) is 15.6. The number of nitrogens with one attached hydrogen (secondary N) is 2. The summed E-state index contributed by atoms with van der Waals surface area (Å²) in [4.78, 5) is 6.98. The van der Waals surface area contributed by atoms with Gasteiger partial charge in [0.1, 0.15) is 0 Å². The summed E-state index contributed by atoms with van der Waals surface area (Å²) in [6.45, 7) is 7.73. The summed E-state index contributed by atoms with van der Waals surface area (Å²) in [7, 11) is 0. The van der Waals surface area contributed by atoms with Crippen LogP contribution in [0, 0.1) is 5.82 Å². The van der Waals surface area contributed by atoms with Crippen molar-refractivity contribution in [1.82, 2.24) is 15.5 Å². The maximum absolute atomic E-state index is 13.5. The Morgan fingerprint density at radius 1 is 1.12 bits per heavy atom. The number of rotatable bonds is 10. The highest BCUT2D eigenvalue weighted by molar-refractivity contribution is 5.79. The molecular formula is C25H35FN4O2. The summed E-state index contributed by atoms with van der Waals surface area (Å²) >= 11 is 0. The number of aromatic hydroxyl groups is 1. The standard InChI is InChI=1S/C25H35FN4O2/c1-2-27-25(29-18-21-9-10-24(31)23(26)17-21)28-13-6-16-32-22-11-14-30(15-12-22)19-20-7-4-3-5-8-20/h3-5,7-10,17,22,31H,2,6,11-16,18-19H2,1H3,(H2,27,28,29). The molecule has 2 aromatic rings. The third kappa shape index (κ3) is 8.13. The number of hydrogen-bond donors (Lipinski definition) is 3. The molecule has 7 heteroatoms. The van der Waals surface area contributed by atoms with Gasteiger partial charge in [-0.05, 0) is 49.4 Å². The van der Waals surface area contributed by atoms with Gasteiger partial charge in [-0.2, -0.15) is 0 Å². The molecule has 1 fully saturated rings. The number of ether oxygens (including phenoxy) is 1. The van der Waals surface area contributed by atoms with Crippen LogP contribution in [0.5, 0.6) is 5.75 Å². The second kappa shape index (κ2) is 13.0. The maximum atomic E-state index is 13.5. The van der Waals surface area contributed by atoms with Crippen LogP contribution in [0.3, 0.4) is 0 Å². The molecule has 1 aliphatic rings. The van der Waals surface area contributed by atoms with E-state index < -0.39 is 5.82 Å². The fraction of sp³-hybridized carbons (Fsp3) is 0.480. The van der Waals surface area contributed by atoms with Crippen molar-refractivity contribution in [2.75, 3.05) is 32.8 Å². The molecule has 0 saturated carbocycles. The zero-order valence-electron chi connectivity index (χ0n) is 18.9. The number of likely N-dealkylation sites (tertiary alicyclic amines) is 1. The van der Waals surface area contributed by atoms with E-state index in [1.54, 1.807) is 6.07 Å². The first kappa shape index (κ1) is 24.0. The van der Waals surface area contributed by atoms with Gasteiger partial charge in [-0.3, -0.25) is 4.90 Å². The van der Waals surface area contributed by atoms with Crippen molar-refractivity contribution in [3.05, 3.63) is 65.5 Å². The van der Waals surface area contributed by atoms with Crippen LogP contribution in [0.25, 0.3) is 0 Å². The van der Waals surface area contributed by atoms with Crippen LogP contribution in [0.4, 0.5) is 4.39 Å². The van der Waals surface area contributed by atoms with Crippen LogP contribution in [0.2, 0.25) is 0 Å². The minimum absolute atomic E-state index is 0.338. The highest BCUT2D eigenvalue weighted by atomic mass is 19.1. The summed E-state index contributed by atoms with van der Waals surface area (Å²) in [5.41, 5.74) is 2.08. The molecule has 0 bridgehead atoms. The van der Waals surface area contributed by atoms with Gasteiger partial charge in [0.05, 0.1) is 12.6 Å². The molecule has 174 valence electrons. The number of benzene rings is 2. The van der Waals surface area contributed by atoms with Gasteiger partial charge in [-0.15, -0.1) is 0 Å². The summed E-state index contributed by atoms with van der Waals surface area (Å²) in [6, 6.07) is 14.9. The van der Waals surface area contributed by atoms with Gasteiger partial charge in [0, 0.05) is 39.3 Å². The zero-order valence-corrected chi connectivity index (χ0v) is 18.9. The molecule has 0 atom stereocenters. The van der Waals surface area contributed by atoms with Crippen LogP contribution in [0.1, 0.15) is 37.3 Å². The van der Waals surface area contributed by atoms with Crippen molar-refractivity contribution in [3.8, 4) is 5.75 Å². The quantitative estimate of drug-likeness (QED) is 0.298. The lowest BCUT2D eigenvalue weighted by Crippen LogP contribution is -2.38. The van der Waals surface area contributed by atoms with Gasteiger partial charge >= 0.3 is 0 Å². The van der Waals surface area contributed by atoms with Crippen LogP contribution in [-0.2, 0) is 17.8 Å². The van der Waals surface area contributed by atoms with E-state index in [4.69, 9.17) is 4.74 Å². The smallest absolute Gasteiger partial charge is 0.191 e. The van der Waals surface area contributed by atoms with E-state index in [9.17, 15) is 9.50 Å². The Kier molecular flexibility index (Phi) is 9.78. The third-order valence-corrected chi connectivity index (χ3v) is 5.53. The average Bonchev–Trinajstić information content (AvgIpc) is 2.81. The van der Waals surface area contributed by atoms with E-state index in [2.05, 4.69) is 50.9 Å². The molecule has 1 heterocycles. The topological polar surface area (TPSA) is 69.1 Å². The predicted molar refractivity (Wildman–Crippen MR) is 126 cm³/mol. The number of nitrogens with zero attached hydrogens (tertiary/aromatic N) is 2. The predicted octanol–water partition coefficient (Wildman–Crippen LogP) is 3.66. The Balaban J connectivity index is 1.31. The summed E-state index contributed by atoms with van der Waals surface area (Å²) in [6.07, 6.45) is 3.39. The van der Waals surface area contributed by atoms with Crippen LogP contribution in [-0.4, -0.2) is 54.9 Å². The zero-order chi connectivity index (χ0) is 22.6. The molecule has 3 N–H and O–H groups in total. The lowest BCUT2D eigenvalue weighted by atomic mass is 10.1. The van der Waals surface area contributed by atoms with Gasteiger partial charge < -0.3 is 20.5 Å². The van der Waals surface area contributed by atoms with Crippen molar-refractivity contribution in [1.29, 1.82) is 0 Å². The van der Waals surface area contributed by atoms with E-state index in [1.165, 1.54) is 17.7 Å². The number of phenols is 1. The number of halogens is 1. The molecule has 0 unspecified atom stereocenters. The Morgan fingerprint density at radius 2 is 1.91 bits per heavy atom. The Morgan fingerprint density at radius 3 is 2.62 bits per heavy atom. The van der Waals surface area contributed by atoms with Gasteiger partial charge in [-0.1, -0.05) is 36.4 Å². The molecular weight excluding hydrogens is 407 g/mol. The summed E-state index contributed by atoms with van der Waals surface area (Å²) in [5.74, 6) is -0.279. The van der Waals surface area contributed by atoms with Crippen LogP contribution >= 0.6 is 0 Å². The first-order valence-corrected chi connectivity index (χ1v) is 11.5. The van der Waals surface area contributed by atoms with Crippen LogP contribution < -0.4 is 10.6 Å².